The summed E-state index contributed by atoms with van der Waals surface area (Å²) < 4.78 is 6.11. The zero-order chi connectivity index (χ0) is 16.9. The number of hydrogen-bond acceptors (Lipinski definition) is 3. The molecule has 0 aliphatic heterocycles. The van der Waals surface area contributed by atoms with Crippen LogP contribution in [0, 0.1) is 5.92 Å². The van der Waals surface area contributed by atoms with E-state index in [0.29, 0.717) is 17.0 Å². The average Bonchev–Trinajstić information content (AvgIpc) is 2.59. The van der Waals surface area contributed by atoms with Gasteiger partial charge in [-0.15, -0.1) is 0 Å². The smallest absolute Gasteiger partial charge is 0.259 e. The number of anilines is 1. The van der Waals surface area contributed by atoms with Crippen LogP contribution in [0.2, 0.25) is 0 Å². The van der Waals surface area contributed by atoms with Gasteiger partial charge in [-0.3, -0.25) is 4.79 Å². The Kier molecular flexibility index (Phi) is 5.04. The number of carbonyl (C=O) groups is 1. The van der Waals surface area contributed by atoms with Gasteiger partial charge >= 0.3 is 0 Å². The second-order valence-corrected chi connectivity index (χ2v) is 6.50. The van der Waals surface area contributed by atoms with Crippen molar-refractivity contribution in [3.05, 3.63) is 54.1 Å². The van der Waals surface area contributed by atoms with Crippen molar-refractivity contribution in [2.75, 3.05) is 5.32 Å². The molecule has 2 aromatic carbocycles. The molecule has 2 N–H and O–H groups in total. The third-order valence-electron chi connectivity index (χ3n) is 4.51. The van der Waals surface area contributed by atoms with E-state index in [4.69, 9.17) is 4.74 Å². The topological polar surface area (TPSA) is 58.6 Å². The molecule has 126 valence electrons. The van der Waals surface area contributed by atoms with Crippen LogP contribution in [0.15, 0.2) is 48.5 Å². The van der Waals surface area contributed by atoms with Crippen molar-refractivity contribution in [3.63, 3.8) is 0 Å². The molecule has 1 aliphatic rings. The fourth-order valence-corrected chi connectivity index (χ4v) is 3.03. The highest BCUT2D eigenvalue weighted by molar-refractivity contribution is 6.06. The summed E-state index contributed by atoms with van der Waals surface area (Å²) in [7, 11) is 0. The first-order chi connectivity index (χ1) is 11.6. The molecule has 0 radical (unpaired) electrons. The zero-order valence-corrected chi connectivity index (χ0v) is 13.9. The van der Waals surface area contributed by atoms with Crippen LogP contribution in [0.1, 0.15) is 43.0 Å². The number of carbonyl (C=O) groups excluding carboxylic acids is 1. The predicted octanol–water partition coefficient (Wildman–Crippen LogP) is 4.60. The molecule has 4 nitrogen and oxygen atoms in total. The minimum Gasteiger partial charge on any atom is -0.508 e. The molecule has 0 spiro atoms. The van der Waals surface area contributed by atoms with Crippen LogP contribution >= 0.6 is 0 Å². The highest BCUT2D eigenvalue weighted by Gasteiger charge is 2.21. The molecule has 2 aromatic rings. The summed E-state index contributed by atoms with van der Waals surface area (Å²) >= 11 is 0. The molecular weight excluding hydrogens is 302 g/mol. The van der Waals surface area contributed by atoms with Crippen molar-refractivity contribution in [1.29, 1.82) is 0 Å². The predicted molar refractivity (Wildman–Crippen MR) is 94.6 cm³/mol. The van der Waals surface area contributed by atoms with Crippen molar-refractivity contribution < 1.29 is 14.6 Å². The van der Waals surface area contributed by atoms with Crippen LogP contribution in [0.4, 0.5) is 5.69 Å². The number of benzene rings is 2. The third-order valence-corrected chi connectivity index (χ3v) is 4.51. The minimum atomic E-state index is -0.208. The molecule has 0 bridgehead atoms. The Morgan fingerprint density at radius 3 is 2.42 bits per heavy atom. The first-order valence-electron chi connectivity index (χ1n) is 8.48. The number of phenolic OH excluding ortho intramolecular Hbond substituents is 1. The molecule has 1 amide bonds. The molecule has 0 saturated heterocycles. The molecule has 0 unspecified atom stereocenters. The van der Waals surface area contributed by atoms with E-state index in [1.165, 1.54) is 12.8 Å². The van der Waals surface area contributed by atoms with Gasteiger partial charge in [-0.2, -0.15) is 0 Å². The summed E-state index contributed by atoms with van der Waals surface area (Å²) in [5.74, 6) is 1.36. The van der Waals surface area contributed by atoms with Crippen LogP contribution < -0.4 is 10.1 Å². The monoisotopic (exact) mass is 325 g/mol. The first kappa shape index (κ1) is 16.4. The van der Waals surface area contributed by atoms with Gasteiger partial charge in [0.05, 0.1) is 11.7 Å². The largest absolute Gasteiger partial charge is 0.508 e. The van der Waals surface area contributed by atoms with Crippen LogP contribution in [0.5, 0.6) is 11.5 Å². The Bertz CT molecular complexity index is 688. The summed E-state index contributed by atoms with van der Waals surface area (Å²) in [5, 5.41) is 12.2. The SMILES string of the molecule is CC1CCC(Oc2ccccc2C(=O)Nc2ccc(O)cc2)CC1. The number of phenols is 1. The summed E-state index contributed by atoms with van der Waals surface area (Å²) in [6.45, 7) is 2.27. The van der Waals surface area contributed by atoms with Gasteiger partial charge in [0.2, 0.25) is 0 Å². The summed E-state index contributed by atoms with van der Waals surface area (Å²) in [4.78, 5) is 12.6. The number of amides is 1. The Labute approximate surface area is 142 Å². The van der Waals surface area contributed by atoms with Crippen LogP contribution in [-0.2, 0) is 0 Å². The Morgan fingerprint density at radius 2 is 1.71 bits per heavy atom. The lowest BCUT2D eigenvalue weighted by molar-refractivity contribution is 0.100. The zero-order valence-electron chi connectivity index (χ0n) is 13.9. The van der Waals surface area contributed by atoms with Crippen LogP contribution in [0.3, 0.4) is 0 Å². The first-order valence-corrected chi connectivity index (χ1v) is 8.48. The van der Waals surface area contributed by atoms with E-state index in [0.717, 1.165) is 18.8 Å². The number of rotatable bonds is 4. The van der Waals surface area contributed by atoms with Crippen molar-refractivity contribution in [1.82, 2.24) is 0 Å². The van der Waals surface area contributed by atoms with E-state index < -0.39 is 0 Å². The second-order valence-electron chi connectivity index (χ2n) is 6.50. The van der Waals surface area contributed by atoms with Crippen LogP contribution in [-0.4, -0.2) is 17.1 Å². The fourth-order valence-electron chi connectivity index (χ4n) is 3.03. The van der Waals surface area contributed by atoms with Gasteiger partial charge < -0.3 is 15.2 Å². The van der Waals surface area contributed by atoms with Crippen molar-refractivity contribution in [2.24, 2.45) is 5.92 Å². The quantitative estimate of drug-likeness (QED) is 0.808. The van der Waals surface area contributed by atoms with E-state index in [2.05, 4.69) is 12.2 Å². The number of hydrogen-bond donors (Lipinski definition) is 2. The average molecular weight is 325 g/mol. The maximum absolute atomic E-state index is 12.6. The summed E-state index contributed by atoms with van der Waals surface area (Å²) in [6.07, 6.45) is 4.60. The Balaban J connectivity index is 1.71. The van der Waals surface area contributed by atoms with Gasteiger partial charge in [-0.1, -0.05) is 19.1 Å². The van der Waals surface area contributed by atoms with Crippen molar-refractivity contribution in [2.45, 2.75) is 38.7 Å². The van der Waals surface area contributed by atoms with Gasteiger partial charge in [0.15, 0.2) is 0 Å². The van der Waals surface area contributed by atoms with Gasteiger partial charge in [0.25, 0.3) is 5.91 Å². The van der Waals surface area contributed by atoms with Crippen molar-refractivity contribution in [3.8, 4) is 11.5 Å². The third kappa shape index (κ3) is 4.07. The molecule has 0 heterocycles. The number of nitrogens with one attached hydrogen (secondary N) is 1. The highest BCUT2D eigenvalue weighted by atomic mass is 16.5. The lowest BCUT2D eigenvalue weighted by atomic mass is 9.89. The van der Waals surface area contributed by atoms with E-state index in [1.54, 1.807) is 30.3 Å². The molecule has 1 saturated carbocycles. The van der Waals surface area contributed by atoms with E-state index in [-0.39, 0.29) is 17.8 Å². The molecule has 1 aliphatic carbocycles. The highest BCUT2D eigenvalue weighted by Crippen LogP contribution is 2.29. The van der Waals surface area contributed by atoms with E-state index in [1.807, 2.05) is 18.2 Å². The molecule has 24 heavy (non-hydrogen) atoms. The Hall–Kier alpha value is -2.49. The fraction of sp³-hybridized carbons (Fsp3) is 0.350. The molecule has 1 fully saturated rings. The molecule has 4 heteroatoms. The lowest BCUT2D eigenvalue weighted by Gasteiger charge is -2.27. The molecule has 3 rings (SSSR count). The van der Waals surface area contributed by atoms with Gasteiger partial charge in [0, 0.05) is 5.69 Å². The van der Waals surface area contributed by atoms with E-state index >= 15 is 0 Å². The number of para-hydroxylation sites is 1. The standard InChI is InChI=1S/C20H23NO3/c1-14-6-12-17(13-7-14)24-19-5-3-2-4-18(19)20(23)21-15-8-10-16(22)11-9-15/h2-5,8-11,14,17,22H,6-7,12-13H2,1H3,(H,21,23). The Morgan fingerprint density at radius 1 is 1.04 bits per heavy atom. The maximum atomic E-state index is 12.6. The minimum absolute atomic E-state index is 0.170. The maximum Gasteiger partial charge on any atom is 0.259 e. The van der Waals surface area contributed by atoms with Crippen LogP contribution in [0.25, 0.3) is 0 Å². The van der Waals surface area contributed by atoms with Gasteiger partial charge in [0.1, 0.15) is 11.5 Å². The molecule has 0 atom stereocenters. The lowest BCUT2D eigenvalue weighted by Crippen LogP contribution is -2.24. The summed E-state index contributed by atoms with van der Waals surface area (Å²) in [5.41, 5.74) is 1.17. The molecular formula is C20H23NO3. The van der Waals surface area contributed by atoms with E-state index in [9.17, 15) is 9.90 Å². The van der Waals surface area contributed by atoms with Crippen molar-refractivity contribution >= 4 is 11.6 Å². The van der Waals surface area contributed by atoms with Gasteiger partial charge in [-0.25, -0.2) is 0 Å². The number of ether oxygens (including phenoxy) is 1. The second kappa shape index (κ2) is 7.39. The molecule has 0 aromatic heterocycles. The normalized spacial score (nSPS) is 20.4. The number of aromatic hydroxyl groups is 1. The summed E-state index contributed by atoms with van der Waals surface area (Å²) in [6, 6.07) is 13.8. The van der Waals surface area contributed by atoms with Gasteiger partial charge in [-0.05, 0) is 68.0 Å².